The molecule has 120 valence electrons. The third-order valence-electron chi connectivity index (χ3n) is 3.10. The van der Waals surface area contributed by atoms with E-state index in [4.69, 9.17) is 4.74 Å². The fourth-order valence-electron chi connectivity index (χ4n) is 1.85. The summed E-state index contributed by atoms with van der Waals surface area (Å²) in [5.74, 6) is 0.526. The normalized spacial score (nSPS) is 12.0. The van der Waals surface area contributed by atoms with Crippen LogP contribution in [0.4, 0.5) is 5.69 Å². The number of carbonyl (C=O) groups is 1. The van der Waals surface area contributed by atoms with Crippen LogP contribution in [0.1, 0.15) is 12.5 Å². The molecule has 0 spiro atoms. The quantitative estimate of drug-likeness (QED) is 0.600. The Morgan fingerprint density at radius 2 is 2.00 bits per heavy atom. The van der Waals surface area contributed by atoms with Gasteiger partial charge in [-0.25, -0.2) is 5.43 Å². The van der Waals surface area contributed by atoms with Crippen LogP contribution >= 0.6 is 15.9 Å². The summed E-state index contributed by atoms with van der Waals surface area (Å²) in [7, 11) is 1.60. The zero-order valence-electron chi connectivity index (χ0n) is 12.9. The van der Waals surface area contributed by atoms with Gasteiger partial charge in [0.05, 0.1) is 13.3 Å². The fraction of sp³-hybridized carbons (Fsp3) is 0.176. The SMILES string of the molecule is COc1cccc(C=NNC(=O)C(C)Nc2ccc(Br)cc2)c1. The fourth-order valence-corrected chi connectivity index (χ4v) is 2.12. The molecular formula is C17H18BrN3O2. The van der Waals surface area contributed by atoms with Crippen LogP contribution < -0.4 is 15.5 Å². The molecule has 2 rings (SSSR count). The van der Waals surface area contributed by atoms with E-state index in [2.05, 4.69) is 31.8 Å². The average Bonchev–Trinajstić information content (AvgIpc) is 2.57. The third-order valence-corrected chi connectivity index (χ3v) is 3.63. The molecule has 1 amide bonds. The van der Waals surface area contributed by atoms with Gasteiger partial charge >= 0.3 is 0 Å². The second-order valence-electron chi connectivity index (χ2n) is 4.88. The number of nitrogens with one attached hydrogen (secondary N) is 2. The largest absolute Gasteiger partial charge is 0.497 e. The Kier molecular flexibility index (Phi) is 6.17. The van der Waals surface area contributed by atoms with Crippen LogP contribution in [-0.4, -0.2) is 25.3 Å². The van der Waals surface area contributed by atoms with Crippen LogP contribution in [0.2, 0.25) is 0 Å². The number of rotatable bonds is 6. The first-order valence-electron chi connectivity index (χ1n) is 7.07. The van der Waals surface area contributed by atoms with Crippen molar-refractivity contribution in [3.63, 3.8) is 0 Å². The molecule has 0 saturated carbocycles. The number of carbonyl (C=O) groups excluding carboxylic acids is 1. The maximum atomic E-state index is 12.0. The molecule has 1 unspecified atom stereocenters. The van der Waals surface area contributed by atoms with Crippen molar-refractivity contribution in [3.05, 3.63) is 58.6 Å². The Bertz CT molecular complexity index is 686. The second-order valence-corrected chi connectivity index (χ2v) is 5.80. The lowest BCUT2D eigenvalue weighted by molar-refractivity contribution is -0.121. The number of hydrogen-bond acceptors (Lipinski definition) is 4. The van der Waals surface area contributed by atoms with Gasteiger partial charge in [-0.15, -0.1) is 0 Å². The maximum Gasteiger partial charge on any atom is 0.262 e. The molecule has 0 bridgehead atoms. The van der Waals surface area contributed by atoms with Crippen LogP contribution in [-0.2, 0) is 4.79 Å². The molecule has 2 N–H and O–H groups in total. The Balaban J connectivity index is 1.88. The van der Waals surface area contributed by atoms with E-state index in [1.54, 1.807) is 20.2 Å². The van der Waals surface area contributed by atoms with Gasteiger partial charge in [0.1, 0.15) is 11.8 Å². The smallest absolute Gasteiger partial charge is 0.262 e. The predicted octanol–water partition coefficient (Wildman–Crippen LogP) is 3.41. The molecule has 0 aliphatic heterocycles. The molecule has 0 saturated heterocycles. The minimum atomic E-state index is -0.404. The van der Waals surface area contributed by atoms with E-state index in [1.165, 1.54) is 0 Å². The van der Waals surface area contributed by atoms with Gasteiger partial charge in [-0.2, -0.15) is 5.10 Å². The van der Waals surface area contributed by atoms with Crippen LogP contribution in [0.15, 0.2) is 58.1 Å². The number of amides is 1. The van der Waals surface area contributed by atoms with Crippen molar-refractivity contribution in [1.82, 2.24) is 5.43 Å². The van der Waals surface area contributed by atoms with Crippen LogP contribution in [0, 0.1) is 0 Å². The number of ether oxygens (including phenoxy) is 1. The maximum absolute atomic E-state index is 12.0. The van der Waals surface area contributed by atoms with E-state index < -0.39 is 6.04 Å². The van der Waals surface area contributed by atoms with Crippen LogP contribution in [0.25, 0.3) is 0 Å². The predicted molar refractivity (Wildman–Crippen MR) is 96.0 cm³/mol. The molecule has 0 aliphatic rings. The summed E-state index contributed by atoms with van der Waals surface area (Å²) >= 11 is 3.37. The first kappa shape index (κ1) is 17.0. The van der Waals surface area contributed by atoms with Gasteiger partial charge in [0.15, 0.2) is 0 Å². The van der Waals surface area contributed by atoms with Crippen molar-refractivity contribution in [2.75, 3.05) is 12.4 Å². The van der Waals surface area contributed by atoms with Crippen molar-refractivity contribution < 1.29 is 9.53 Å². The minimum absolute atomic E-state index is 0.216. The summed E-state index contributed by atoms with van der Waals surface area (Å²) in [4.78, 5) is 12.0. The summed E-state index contributed by atoms with van der Waals surface area (Å²) in [6.07, 6.45) is 1.58. The summed E-state index contributed by atoms with van der Waals surface area (Å²) in [6, 6.07) is 14.6. The Morgan fingerprint density at radius 1 is 1.26 bits per heavy atom. The highest BCUT2D eigenvalue weighted by Gasteiger charge is 2.11. The Hall–Kier alpha value is -2.34. The molecule has 0 fully saturated rings. The highest BCUT2D eigenvalue weighted by atomic mass is 79.9. The van der Waals surface area contributed by atoms with E-state index in [0.717, 1.165) is 21.5 Å². The number of anilines is 1. The van der Waals surface area contributed by atoms with Gasteiger partial charge in [0.25, 0.3) is 5.91 Å². The van der Waals surface area contributed by atoms with Gasteiger partial charge in [0.2, 0.25) is 0 Å². The Morgan fingerprint density at radius 3 is 2.70 bits per heavy atom. The summed E-state index contributed by atoms with van der Waals surface area (Å²) in [5, 5.41) is 7.08. The van der Waals surface area contributed by atoms with Crippen molar-refractivity contribution in [2.24, 2.45) is 5.10 Å². The lowest BCUT2D eigenvalue weighted by Crippen LogP contribution is -2.34. The topological polar surface area (TPSA) is 62.7 Å². The second kappa shape index (κ2) is 8.33. The summed E-state index contributed by atoms with van der Waals surface area (Å²) in [6.45, 7) is 1.78. The number of benzene rings is 2. The average molecular weight is 376 g/mol. The molecule has 6 heteroatoms. The monoisotopic (exact) mass is 375 g/mol. The molecule has 0 heterocycles. The van der Waals surface area contributed by atoms with Gasteiger partial charge in [-0.1, -0.05) is 28.1 Å². The number of hydrazone groups is 1. The summed E-state index contributed by atoms with van der Waals surface area (Å²) in [5.41, 5.74) is 4.23. The molecule has 5 nitrogen and oxygen atoms in total. The molecule has 23 heavy (non-hydrogen) atoms. The van der Waals surface area contributed by atoms with E-state index >= 15 is 0 Å². The van der Waals surface area contributed by atoms with E-state index in [0.29, 0.717) is 0 Å². The first-order chi connectivity index (χ1) is 11.1. The van der Waals surface area contributed by atoms with Crippen LogP contribution in [0.5, 0.6) is 5.75 Å². The Labute approximate surface area is 143 Å². The third kappa shape index (κ3) is 5.41. The molecular weight excluding hydrogens is 358 g/mol. The van der Waals surface area contributed by atoms with Gasteiger partial charge < -0.3 is 10.1 Å². The van der Waals surface area contributed by atoms with E-state index in [-0.39, 0.29) is 5.91 Å². The lowest BCUT2D eigenvalue weighted by atomic mass is 10.2. The molecule has 0 aliphatic carbocycles. The standard InChI is InChI=1S/C17H18BrN3O2/c1-12(20-15-8-6-14(18)7-9-15)17(22)21-19-11-13-4-3-5-16(10-13)23-2/h3-12,20H,1-2H3,(H,21,22). The lowest BCUT2D eigenvalue weighted by Gasteiger charge is -2.13. The molecule has 2 aromatic rings. The van der Waals surface area contributed by atoms with E-state index in [9.17, 15) is 4.79 Å². The number of nitrogens with zero attached hydrogens (tertiary/aromatic N) is 1. The minimum Gasteiger partial charge on any atom is -0.497 e. The van der Waals surface area contributed by atoms with Crippen molar-refractivity contribution in [1.29, 1.82) is 0 Å². The molecule has 2 aromatic carbocycles. The van der Waals surface area contributed by atoms with Crippen molar-refractivity contribution in [2.45, 2.75) is 13.0 Å². The van der Waals surface area contributed by atoms with Gasteiger partial charge in [0, 0.05) is 10.2 Å². The number of hydrogen-bond donors (Lipinski definition) is 2. The van der Waals surface area contributed by atoms with Crippen LogP contribution in [0.3, 0.4) is 0 Å². The zero-order chi connectivity index (χ0) is 16.7. The zero-order valence-corrected chi connectivity index (χ0v) is 14.5. The molecule has 0 aromatic heterocycles. The van der Waals surface area contributed by atoms with Crippen molar-refractivity contribution in [3.8, 4) is 5.75 Å². The molecule has 1 atom stereocenters. The molecule has 0 radical (unpaired) electrons. The van der Waals surface area contributed by atoms with Crippen molar-refractivity contribution >= 4 is 33.7 Å². The van der Waals surface area contributed by atoms with E-state index in [1.807, 2.05) is 48.5 Å². The highest BCUT2D eigenvalue weighted by Crippen LogP contribution is 2.15. The number of halogens is 1. The summed E-state index contributed by atoms with van der Waals surface area (Å²) < 4.78 is 6.12. The highest BCUT2D eigenvalue weighted by molar-refractivity contribution is 9.10. The van der Waals surface area contributed by atoms with Gasteiger partial charge in [-0.3, -0.25) is 4.79 Å². The number of methoxy groups -OCH3 is 1. The first-order valence-corrected chi connectivity index (χ1v) is 7.87. The van der Waals surface area contributed by atoms with Gasteiger partial charge in [-0.05, 0) is 48.9 Å².